The van der Waals surface area contributed by atoms with Gasteiger partial charge in [0.1, 0.15) is 0 Å². The van der Waals surface area contributed by atoms with Gasteiger partial charge in [0.2, 0.25) is 0 Å². The second-order valence-electron chi connectivity index (χ2n) is 4.39. The zero-order valence-electron chi connectivity index (χ0n) is 10.2. The Morgan fingerprint density at radius 2 is 2.17 bits per heavy atom. The molecule has 0 bridgehead atoms. The lowest BCUT2D eigenvalue weighted by Crippen LogP contribution is -1.96. The molecule has 0 unspecified atom stereocenters. The number of aromatic amines is 1. The van der Waals surface area contributed by atoms with E-state index in [2.05, 4.69) is 45.1 Å². The summed E-state index contributed by atoms with van der Waals surface area (Å²) in [5, 5.41) is 5.36. The van der Waals surface area contributed by atoms with Gasteiger partial charge in [0, 0.05) is 33.7 Å². The first-order valence-electron chi connectivity index (χ1n) is 5.63. The Morgan fingerprint density at radius 3 is 2.83 bits per heavy atom. The van der Waals surface area contributed by atoms with Gasteiger partial charge in [0.05, 0.1) is 17.6 Å². The van der Waals surface area contributed by atoms with E-state index in [0.29, 0.717) is 5.69 Å². The first kappa shape index (κ1) is 11.3. The number of H-pyrrole nitrogens is 1. The Hall–Kier alpha value is -1.75. The molecule has 3 rings (SSSR count). The fraction of sp³-hybridized carbons (Fsp3) is 0.154. The lowest BCUT2D eigenvalue weighted by atomic mass is 10.1. The zero-order valence-corrected chi connectivity index (χ0v) is 11.7. The third-order valence-electron chi connectivity index (χ3n) is 3.15. The normalized spacial score (nSPS) is 11.3. The molecule has 4 nitrogen and oxygen atoms in total. The molecule has 2 heterocycles. The Kier molecular flexibility index (Phi) is 2.45. The summed E-state index contributed by atoms with van der Waals surface area (Å²) in [5.74, 6) is 0. The van der Waals surface area contributed by atoms with E-state index in [9.17, 15) is 0 Å². The second kappa shape index (κ2) is 3.88. The van der Waals surface area contributed by atoms with Crippen molar-refractivity contribution in [3.8, 4) is 11.3 Å². The van der Waals surface area contributed by atoms with Crippen LogP contribution in [0.4, 0.5) is 5.69 Å². The minimum atomic E-state index is 0.696. The van der Waals surface area contributed by atoms with Gasteiger partial charge in [-0.15, -0.1) is 0 Å². The van der Waals surface area contributed by atoms with Crippen LogP contribution in [0.3, 0.4) is 0 Å². The lowest BCUT2D eigenvalue weighted by molar-refractivity contribution is 0.776. The van der Waals surface area contributed by atoms with Gasteiger partial charge in [-0.05, 0) is 25.1 Å². The first-order chi connectivity index (χ1) is 8.58. The molecule has 0 saturated heterocycles. The molecule has 0 saturated carbocycles. The van der Waals surface area contributed by atoms with E-state index < -0.39 is 0 Å². The van der Waals surface area contributed by atoms with Crippen LogP contribution in [0.25, 0.3) is 22.2 Å². The van der Waals surface area contributed by atoms with Crippen molar-refractivity contribution in [2.75, 3.05) is 5.73 Å². The number of nitrogens with two attached hydrogens (primary N) is 1. The zero-order chi connectivity index (χ0) is 12.9. The van der Waals surface area contributed by atoms with Gasteiger partial charge in [0.25, 0.3) is 0 Å². The van der Waals surface area contributed by atoms with Crippen LogP contribution < -0.4 is 5.73 Å². The molecule has 18 heavy (non-hydrogen) atoms. The van der Waals surface area contributed by atoms with Crippen LogP contribution in [-0.2, 0) is 7.05 Å². The van der Waals surface area contributed by atoms with Crippen molar-refractivity contribution >= 4 is 32.5 Å². The summed E-state index contributed by atoms with van der Waals surface area (Å²) in [7, 11) is 1.90. The van der Waals surface area contributed by atoms with Gasteiger partial charge >= 0.3 is 0 Å². The van der Waals surface area contributed by atoms with Crippen molar-refractivity contribution in [1.29, 1.82) is 0 Å². The standard InChI is InChI=1S/C13H13BrN4/c1-7-12(13-10(15)6-16-18(13)2)9-5-8(14)3-4-11(9)17-7/h3-6,17H,15H2,1-2H3. The topological polar surface area (TPSA) is 59.6 Å². The largest absolute Gasteiger partial charge is 0.396 e. The van der Waals surface area contributed by atoms with Gasteiger partial charge in [-0.3, -0.25) is 4.68 Å². The van der Waals surface area contributed by atoms with Gasteiger partial charge in [0.15, 0.2) is 0 Å². The number of hydrogen-bond acceptors (Lipinski definition) is 2. The molecule has 0 aliphatic rings. The van der Waals surface area contributed by atoms with E-state index in [1.165, 1.54) is 0 Å². The summed E-state index contributed by atoms with van der Waals surface area (Å²) in [4.78, 5) is 3.38. The average molecular weight is 305 g/mol. The van der Waals surface area contributed by atoms with Crippen LogP contribution in [0, 0.1) is 6.92 Å². The number of nitrogen functional groups attached to an aromatic ring is 1. The highest BCUT2D eigenvalue weighted by Gasteiger charge is 2.16. The highest BCUT2D eigenvalue weighted by Crippen LogP contribution is 2.36. The van der Waals surface area contributed by atoms with Crippen molar-refractivity contribution < 1.29 is 0 Å². The van der Waals surface area contributed by atoms with Gasteiger partial charge in [-0.1, -0.05) is 15.9 Å². The second-order valence-corrected chi connectivity index (χ2v) is 5.30. The van der Waals surface area contributed by atoms with Gasteiger partial charge in [-0.25, -0.2) is 0 Å². The van der Waals surface area contributed by atoms with E-state index in [1.54, 1.807) is 6.20 Å². The van der Waals surface area contributed by atoms with Crippen LogP contribution in [0.1, 0.15) is 5.69 Å². The fourth-order valence-corrected chi connectivity index (χ4v) is 2.73. The third kappa shape index (κ3) is 1.54. The number of fused-ring (bicyclic) bond motifs is 1. The van der Waals surface area contributed by atoms with Crippen molar-refractivity contribution in [1.82, 2.24) is 14.8 Å². The summed E-state index contributed by atoms with van der Waals surface area (Å²) < 4.78 is 2.86. The Balaban J connectivity index is 2.41. The third-order valence-corrected chi connectivity index (χ3v) is 3.65. The van der Waals surface area contributed by atoms with Crippen LogP contribution in [0.2, 0.25) is 0 Å². The predicted molar refractivity (Wildman–Crippen MR) is 77.4 cm³/mol. The maximum absolute atomic E-state index is 6.02. The average Bonchev–Trinajstić information content (AvgIpc) is 2.80. The van der Waals surface area contributed by atoms with E-state index >= 15 is 0 Å². The molecular formula is C13H13BrN4. The van der Waals surface area contributed by atoms with Crippen LogP contribution in [0.15, 0.2) is 28.9 Å². The van der Waals surface area contributed by atoms with E-state index in [-0.39, 0.29) is 0 Å². The number of benzene rings is 1. The number of aromatic nitrogens is 3. The number of nitrogens with zero attached hydrogens (tertiary/aromatic N) is 2. The molecule has 2 aromatic heterocycles. The van der Waals surface area contributed by atoms with Crippen LogP contribution in [0.5, 0.6) is 0 Å². The van der Waals surface area contributed by atoms with E-state index in [4.69, 9.17) is 5.73 Å². The number of halogens is 1. The number of rotatable bonds is 1. The lowest BCUT2D eigenvalue weighted by Gasteiger charge is -2.04. The molecule has 0 radical (unpaired) electrons. The maximum Gasteiger partial charge on any atom is 0.0932 e. The molecular weight excluding hydrogens is 292 g/mol. The molecule has 3 aromatic rings. The Bertz CT molecular complexity index is 719. The van der Waals surface area contributed by atoms with Crippen LogP contribution in [-0.4, -0.2) is 14.8 Å². The minimum Gasteiger partial charge on any atom is -0.396 e. The monoisotopic (exact) mass is 304 g/mol. The number of aryl methyl sites for hydroxylation is 2. The summed E-state index contributed by atoms with van der Waals surface area (Å²) >= 11 is 3.51. The van der Waals surface area contributed by atoms with E-state index in [1.807, 2.05) is 17.8 Å². The molecule has 0 atom stereocenters. The SMILES string of the molecule is Cc1[nH]c2ccc(Br)cc2c1-c1c(N)cnn1C. The summed E-state index contributed by atoms with van der Waals surface area (Å²) in [6.07, 6.45) is 1.69. The van der Waals surface area contributed by atoms with Crippen LogP contribution >= 0.6 is 15.9 Å². The number of anilines is 1. The molecule has 92 valence electrons. The highest BCUT2D eigenvalue weighted by atomic mass is 79.9. The summed E-state index contributed by atoms with van der Waals surface area (Å²) in [6.45, 7) is 2.05. The molecule has 0 fully saturated rings. The van der Waals surface area contributed by atoms with Gasteiger partial charge < -0.3 is 10.7 Å². The van der Waals surface area contributed by atoms with E-state index in [0.717, 1.165) is 32.3 Å². The number of nitrogens with one attached hydrogen (secondary N) is 1. The van der Waals surface area contributed by atoms with Crippen molar-refractivity contribution in [3.63, 3.8) is 0 Å². The maximum atomic E-state index is 6.02. The predicted octanol–water partition coefficient (Wildman–Crippen LogP) is 3.22. The fourth-order valence-electron chi connectivity index (χ4n) is 2.36. The first-order valence-corrected chi connectivity index (χ1v) is 6.43. The molecule has 0 amide bonds. The smallest absolute Gasteiger partial charge is 0.0932 e. The Labute approximate surface area is 113 Å². The molecule has 5 heteroatoms. The molecule has 0 spiro atoms. The molecule has 0 aliphatic heterocycles. The quantitative estimate of drug-likeness (QED) is 0.725. The highest BCUT2D eigenvalue weighted by molar-refractivity contribution is 9.10. The van der Waals surface area contributed by atoms with Crippen molar-refractivity contribution in [2.24, 2.45) is 7.05 Å². The molecule has 1 aromatic carbocycles. The van der Waals surface area contributed by atoms with Crippen molar-refractivity contribution in [2.45, 2.75) is 6.92 Å². The minimum absolute atomic E-state index is 0.696. The summed E-state index contributed by atoms with van der Waals surface area (Å²) in [6, 6.07) is 6.18. The molecule has 0 aliphatic carbocycles. The van der Waals surface area contributed by atoms with Crippen molar-refractivity contribution in [3.05, 3.63) is 34.6 Å². The van der Waals surface area contributed by atoms with Gasteiger partial charge in [-0.2, -0.15) is 5.10 Å². The number of hydrogen-bond donors (Lipinski definition) is 2. The summed E-state index contributed by atoms with van der Waals surface area (Å²) in [5.41, 5.74) is 11.0. The molecule has 3 N–H and O–H groups in total. The Morgan fingerprint density at radius 1 is 1.39 bits per heavy atom.